The smallest absolute Gasteiger partial charge is 0.309 e. The average molecular weight is 419 g/mol. The number of nitrogens with one attached hydrogen (secondary N) is 1. The van der Waals surface area contributed by atoms with Gasteiger partial charge in [-0.25, -0.2) is 0 Å². The third-order valence-electron chi connectivity index (χ3n) is 5.02. The Balaban J connectivity index is 1.75. The Morgan fingerprint density at radius 2 is 1.77 bits per heavy atom. The molecule has 30 heavy (non-hydrogen) atoms. The number of benzene rings is 1. The summed E-state index contributed by atoms with van der Waals surface area (Å²) in [6.45, 7) is 2.74. The molecule has 0 unspecified atom stereocenters. The number of nitrogens with zero attached hydrogens (tertiary/aromatic N) is 2. The molecule has 0 aromatic heterocycles. The zero-order valence-corrected chi connectivity index (χ0v) is 17.7. The molecule has 0 spiro atoms. The van der Waals surface area contributed by atoms with E-state index in [1.54, 1.807) is 36.1 Å². The molecule has 0 saturated carbocycles. The molecular weight excluding hydrogens is 390 g/mol. The fraction of sp³-hybridized carbons (Fsp3) is 0.524. The number of rotatable bonds is 8. The van der Waals surface area contributed by atoms with Crippen LogP contribution in [0.4, 0.5) is 0 Å². The number of methoxy groups -OCH3 is 1. The Bertz CT molecular complexity index is 757. The number of likely N-dealkylation sites (N-methyl/N-ethyl adjacent to an activating group) is 1. The molecule has 1 aliphatic heterocycles. The molecule has 1 aliphatic rings. The van der Waals surface area contributed by atoms with E-state index in [0.717, 1.165) is 0 Å². The van der Waals surface area contributed by atoms with Crippen molar-refractivity contribution in [3.63, 3.8) is 0 Å². The minimum atomic E-state index is -0.383. The monoisotopic (exact) mass is 419 g/mol. The van der Waals surface area contributed by atoms with Crippen LogP contribution in [-0.2, 0) is 19.1 Å². The first-order chi connectivity index (χ1) is 14.3. The van der Waals surface area contributed by atoms with Gasteiger partial charge in [-0.1, -0.05) is 0 Å². The van der Waals surface area contributed by atoms with Crippen LogP contribution in [0.25, 0.3) is 0 Å². The largest absolute Gasteiger partial charge is 0.497 e. The number of carbonyl (C=O) groups excluding carboxylic acids is 4. The Morgan fingerprint density at radius 3 is 2.33 bits per heavy atom. The van der Waals surface area contributed by atoms with Crippen molar-refractivity contribution in [3.8, 4) is 5.75 Å². The number of amides is 3. The lowest BCUT2D eigenvalue weighted by Crippen LogP contribution is -2.47. The van der Waals surface area contributed by atoms with E-state index in [1.165, 1.54) is 19.1 Å². The number of hydrogen-bond acceptors (Lipinski definition) is 6. The SMILES string of the molecule is CCOC(=O)C1CCN(C(=O)CN(C)C(=O)CNC(=O)c2ccc(OC)cc2)CC1. The summed E-state index contributed by atoms with van der Waals surface area (Å²) in [5, 5.41) is 2.55. The third-order valence-corrected chi connectivity index (χ3v) is 5.02. The second-order valence-electron chi connectivity index (χ2n) is 7.07. The first-order valence-corrected chi connectivity index (χ1v) is 9.96. The van der Waals surface area contributed by atoms with Crippen LogP contribution in [0.5, 0.6) is 5.75 Å². The number of carbonyl (C=O) groups is 4. The van der Waals surface area contributed by atoms with Gasteiger partial charge < -0.3 is 24.6 Å². The summed E-state index contributed by atoms with van der Waals surface area (Å²) in [5.41, 5.74) is 0.409. The van der Waals surface area contributed by atoms with Gasteiger partial charge in [0.2, 0.25) is 11.8 Å². The molecule has 1 N–H and O–H groups in total. The first-order valence-electron chi connectivity index (χ1n) is 9.96. The summed E-state index contributed by atoms with van der Waals surface area (Å²) in [6, 6.07) is 6.52. The molecule has 1 aromatic rings. The summed E-state index contributed by atoms with van der Waals surface area (Å²) in [5.74, 6) is -0.703. The lowest BCUT2D eigenvalue weighted by Gasteiger charge is -2.32. The summed E-state index contributed by atoms with van der Waals surface area (Å²) >= 11 is 0. The van der Waals surface area contributed by atoms with Gasteiger partial charge in [-0.2, -0.15) is 0 Å². The lowest BCUT2D eigenvalue weighted by molar-refractivity contribution is -0.151. The number of hydrogen-bond donors (Lipinski definition) is 1. The molecule has 2 rings (SSSR count). The number of esters is 1. The van der Waals surface area contributed by atoms with E-state index in [2.05, 4.69) is 5.32 Å². The fourth-order valence-electron chi connectivity index (χ4n) is 3.15. The van der Waals surface area contributed by atoms with Crippen LogP contribution >= 0.6 is 0 Å². The molecular formula is C21H29N3O6. The lowest BCUT2D eigenvalue weighted by atomic mass is 9.97. The second-order valence-corrected chi connectivity index (χ2v) is 7.07. The van der Waals surface area contributed by atoms with Crippen LogP contribution in [0.2, 0.25) is 0 Å². The number of ether oxygens (including phenoxy) is 2. The van der Waals surface area contributed by atoms with Crippen molar-refractivity contribution in [1.29, 1.82) is 0 Å². The molecule has 164 valence electrons. The van der Waals surface area contributed by atoms with Crippen molar-refractivity contribution in [2.75, 3.05) is 46.9 Å². The Labute approximate surface area is 176 Å². The van der Waals surface area contributed by atoms with E-state index >= 15 is 0 Å². The molecule has 1 aromatic carbocycles. The number of piperidine rings is 1. The van der Waals surface area contributed by atoms with E-state index in [9.17, 15) is 19.2 Å². The van der Waals surface area contributed by atoms with Crippen molar-refractivity contribution in [2.24, 2.45) is 5.92 Å². The fourth-order valence-corrected chi connectivity index (χ4v) is 3.15. The highest BCUT2D eigenvalue weighted by atomic mass is 16.5. The summed E-state index contributed by atoms with van der Waals surface area (Å²) in [6.07, 6.45) is 1.11. The van der Waals surface area contributed by atoms with E-state index in [-0.39, 0.29) is 42.7 Å². The quantitative estimate of drug-likeness (QED) is 0.622. The predicted molar refractivity (Wildman–Crippen MR) is 109 cm³/mol. The average Bonchev–Trinajstić information content (AvgIpc) is 2.77. The molecule has 0 aliphatic carbocycles. The molecule has 0 atom stereocenters. The molecule has 9 nitrogen and oxygen atoms in total. The summed E-state index contributed by atoms with van der Waals surface area (Å²) < 4.78 is 10.1. The van der Waals surface area contributed by atoms with Crippen LogP contribution in [0.1, 0.15) is 30.1 Å². The van der Waals surface area contributed by atoms with Gasteiger partial charge in [0, 0.05) is 25.7 Å². The van der Waals surface area contributed by atoms with E-state index in [4.69, 9.17) is 9.47 Å². The zero-order chi connectivity index (χ0) is 22.1. The molecule has 1 fully saturated rings. The molecule has 1 saturated heterocycles. The van der Waals surface area contributed by atoms with Gasteiger partial charge in [0.1, 0.15) is 5.75 Å². The highest BCUT2D eigenvalue weighted by Gasteiger charge is 2.29. The van der Waals surface area contributed by atoms with E-state index in [1.807, 2.05) is 0 Å². The van der Waals surface area contributed by atoms with Crippen LogP contribution in [-0.4, -0.2) is 80.4 Å². The minimum absolute atomic E-state index is 0.0820. The van der Waals surface area contributed by atoms with Gasteiger partial charge in [0.15, 0.2) is 0 Å². The van der Waals surface area contributed by atoms with Crippen LogP contribution in [0.15, 0.2) is 24.3 Å². The topological polar surface area (TPSA) is 105 Å². The highest BCUT2D eigenvalue weighted by molar-refractivity contribution is 5.96. The normalized spacial score (nSPS) is 14.0. The van der Waals surface area contributed by atoms with Crippen molar-refractivity contribution in [3.05, 3.63) is 29.8 Å². The number of likely N-dealkylation sites (tertiary alicyclic amines) is 1. The predicted octanol–water partition coefficient (Wildman–Crippen LogP) is 0.685. The van der Waals surface area contributed by atoms with E-state index < -0.39 is 0 Å². The zero-order valence-electron chi connectivity index (χ0n) is 17.7. The van der Waals surface area contributed by atoms with Gasteiger partial charge in [0.05, 0.1) is 32.7 Å². The van der Waals surface area contributed by atoms with Gasteiger partial charge in [-0.3, -0.25) is 19.2 Å². The van der Waals surface area contributed by atoms with Crippen LogP contribution < -0.4 is 10.1 Å². The molecule has 0 bridgehead atoms. The minimum Gasteiger partial charge on any atom is -0.497 e. The maximum absolute atomic E-state index is 12.5. The van der Waals surface area contributed by atoms with Crippen LogP contribution in [0.3, 0.4) is 0 Å². The molecule has 3 amide bonds. The molecule has 0 radical (unpaired) electrons. The molecule has 1 heterocycles. The van der Waals surface area contributed by atoms with Gasteiger partial charge in [-0.15, -0.1) is 0 Å². The van der Waals surface area contributed by atoms with Crippen molar-refractivity contribution in [1.82, 2.24) is 15.1 Å². The van der Waals surface area contributed by atoms with E-state index in [0.29, 0.717) is 43.9 Å². The molecule has 9 heteroatoms. The summed E-state index contributed by atoms with van der Waals surface area (Å²) in [4.78, 5) is 51.6. The van der Waals surface area contributed by atoms with Gasteiger partial charge in [0.25, 0.3) is 5.91 Å². The maximum atomic E-state index is 12.5. The maximum Gasteiger partial charge on any atom is 0.309 e. The third kappa shape index (κ3) is 6.47. The Morgan fingerprint density at radius 1 is 1.13 bits per heavy atom. The van der Waals surface area contributed by atoms with Crippen molar-refractivity contribution < 1.29 is 28.7 Å². The van der Waals surface area contributed by atoms with Crippen molar-refractivity contribution >= 4 is 23.7 Å². The highest BCUT2D eigenvalue weighted by Crippen LogP contribution is 2.19. The van der Waals surface area contributed by atoms with Crippen molar-refractivity contribution in [2.45, 2.75) is 19.8 Å². The van der Waals surface area contributed by atoms with Gasteiger partial charge >= 0.3 is 5.97 Å². The summed E-state index contributed by atoms with van der Waals surface area (Å²) in [7, 11) is 3.05. The van der Waals surface area contributed by atoms with Crippen LogP contribution in [0, 0.1) is 5.92 Å². The Kier molecular flexibility index (Phi) is 8.64. The Hall–Kier alpha value is -3.10. The standard InChI is InChI=1S/C21H29N3O6/c1-4-30-21(28)16-9-11-24(12-10-16)19(26)14-23(2)18(25)13-22-20(27)15-5-7-17(29-3)8-6-15/h5-8,16H,4,9-14H2,1-3H3,(H,22,27). The first kappa shape index (κ1) is 23.2. The van der Waals surface area contributed by atoms with Gasteiger partial charge in [-0.05, 0) is 44.0 Å². The second kappa shape index (κ2) is 11.2.